The average Bonchev–Trinajstić information content (AvgIpc) is 3.27. The second-order valence-corrected chi connectivity index (χ2v) is 9.16. The van der Waals surface area contributed by atoms with Crippen LogP contribution in [0, 0.1) is 11.7 Å². The van der Waals surface area contributed by atoms with Crippen LogP contribution in [-0.4, -0.2) is 42.1 Å². The van der Waals surface area contributed by atoms with Crippen LogP contribution in [0.25, 0.3) is 0 Å². The van der Waals surface area contributed by atoms with Crippen LogP contribution in [0.2, 0.25) is 0 Å². The lowest BCUT2D eigenvalue weighted by molar-refractivity contribution is -0.135. The summed E-state index contributed by atoms with van der Waals surface area (Å²) in [5.41, 5.74) is 0.654. The van der Waals surface area contributed by atoms with Crippen LogP contribution in [0.4, 0.5) is 10.1 Å². The summed E-state index contributed by atoms with van der Waals surface area (Å²) >= 11 is 3.68. The standard InChI is InChI=1S/C20H21FN2O2S2/c21-15-3-5-16(6-4-15)23-13-14(12-19(23)24)20(25)22-8-7-18(27-11-9-22)17-2-1-10-26-17/h1-6,10,14,18H,7-9,11-13H2. The molecule has 2 aliphatic rings. The van der Waals surface area contributed by atoms with Gasteiger partial charge in [0.25, 0.3) is 0 Å². The van der Waals surface area contributed by atoms with Crippen molar-refractivity contribution < 1.29 is 14.0 Å². The maximum Gasteiger partial charge on any atom is 0.228 e. The number of nitrogens with zero attached hydrogens (tertiary/aromatic N) is 2. The minimum absolute atomic E-state index is 0.0689. The molecule has 4 rings (SSSR count). The summed E-state index contributed by atoms with van der Waals surface area (Å²) in [5.74, 6) is 0.267. The fraction of sp³-hybridized carbons (Fsp3) is 0.400. The number of rotatable bonds is 3. The summed E-state index contributed by atoms with van der Waals surface area (Å²) in [6.45, 7) is 1.84. The minimum atomic E-state index is -0.333. The number of thioether (sulfide) groups is 1. The Kier molecular flexibility index (Phi) is 5.50. The molecule has 2 saturated heterocycles. The van der Waals surface area contributed by atoms with Crippen LogP contribution >= 0.6 is 23.1 Å². The van der Waals surface area contributed by atoms with E-state index in [9.17, 15) is 14.0 Å². The molecular formula is C20H21FN2O2S2. The normalized spacial score (nSPS) is 23.5. The van der Waals surface area contributed by atoms with Crippen LogP contribution in [0.15, 0.2) is 41.8 Å². The fourth-order valence-electron chi connectivity index (χ4n) is 3.69. The van der Waals surface area contributed by atoms with Gasteiger partial charge in [0.2, 0.25) is 11.8 Å². The molecule has 0 N–H and O–H groups in total. The third-order valence-corrected chi connectivity index (χ3v) is 7.57. The highest BCUT2D eigenvalue weighted by Crippen LogP contribution is 2.37. The molecule has 0 bridgehead atoms. The molecule has 142 valence electrons. The van der Waals surface area contributed by atoms with E-state index in [2.05, 4.69) is 17.5 Å². The zero-order chi connectivity index (χ0) is 18.8. The molecule has 2 amide bonds. The Hall–Kier alpha value is -1.86. The van der Waals surface area contributed by atoms with E-state index in [0.29, 0.717) is 17.5 Å². The van der Waals surface area contributed by atoms with E-state index in [1.165, 1.54) is 17.0 Å². The van der Waals surface area contributed by atoms with E-state index in [0.717, 1.165) is 25.3 Å². The monoisotopic (exact) mass is 404 g/mol. The van der Waals surface area contributed by atoms with Crippen molar-refractivity contribution in [3.8, 4) is 0 Å². The van der Waals surface area contributed by atoms with Gasteiger partial charge < -0.3 is 9.80 Å². The molecule has 0 radical (unpaired) electrons. The molecule has 0 saturated carbocycles. The summed E-state index contributed by atoms with van der Waals surface area (Å²) in [6, 6.07) is 10.1. The second kappa shape index (κ2) is 8.02. The number of amides is 2. The first-order valence-corrected chi connectivity index (χ1v) is 11.0. The highest BCUT2D eigenvalue weighted by atomic mass is 32.2. The number of anilines is 1. The Labute approximate surface area is 166 Å². The largest absolute Gasteiger partial charge is 0.342 e. The molecule has 2 atom stereocenters. The van der Waals surface area contributed by atoms with Gasteiger partial charge in [-0.3, -0.25) is 9.59 Å². The third-order valence-electron chi connectivity index (χ3n) is 5.13. The van der Waals surface area contributed by atoms with E-state index in [-0.39, 0.29) is 30.0 Å². The van der Waals surface area contributed by atoms with Gasteiger partial charge in [-0.05, 0) is 42.1 Å². The van der Waals surface area contributed by atoms with Gasteiger partial charge in [-0.15, -0.1) is 11.3 Å². The van der Waals surface area contributed by atoms with Gasteiger partial charge in [-0.25, -0.2) is 4.39 Å². The van der Waals surface area contributed by atoms with Crippen LogP contribution < -0.4 is 4.90 Å². The first kappa shape index (κ1) is 18.5. The molecule has 0 spiro atoms. The summed E-state index contributed by atoms with van der Waals surface area (Å²) in [5, 5.41) is 2.54. The molecule has 0 aliphatic carbocycles. The van der Waals surface area contributed by atoms with Crippen LogP contribution in [0.5, 0.6) is 0 Å². The van der Waals surface area contributed by atoms with E-state index in [1.807, 2.05) is 16.7 Å². The van der Waals surface area contributed by atoms with Crippen molar-refractivity contribution in [3.63, 3.8) is 0 Å². The lowest BCUT2D eigenvalue weighted by atomic mass is 10.1. The number of carbonyl (C=O) groups is 2. The van der Waals surface area contributed by atoms with Gasteiger partial charge in [-0.1, -0.05) is 6.07 Å². The van der Waals surface area contributed by atoms with E-state index in [1.54, 1.807) is 28.4 Å². The average molecular weight is 405 g/mol. The summed E-state index contributed by atoms with van der Waals surface area (Å²) in [7, 11) is 0. The second-order valence-electron chi connectivity index (χ2n) is 6.87. The summed E-state index contributed by atoms with van der Waals surface area (Å²) in [6.07, 6.45) is 1.17. The predicted octanol–water partition coefficient (Wildman–Crippen LogP) is 3.95. The molecule has 3 heterocycles. The van der Waals surface area contributed by atoms with Crippen LogP contribution in [0.3, 0.4) is 0 Å². The lowest BCUT2D eigenvalue weighted by Crippen LogP contribution is -2.38. The molecule has 1 aromatic carbocycles. The Balaban J connectivity index is 1.39. The third kappa shape index (κ3) is 4.04. The van der Waals surface area contributed by atoms with Gasteiger partial charge in [-0.2, -0.15) is 11.8 Å². The zero-order valence-electron chi connectivity index (χ0n) is 14.8. The smallest absolute Gasteiger partial charge is 0.228 e. The van der Waals surface area contributed by atoms with Crippen molar-refractivity contribution >= 4 is 40.6 Å². The number of halogens is 1. The van der Waals surface area contributed by atoms with Gasteiger partial charge in [0.05, 0.1) is 5.92 Å². The minimum Gasteiger partial charge on any atom is -0.342 e. The summed E-state index contributed by atoms with van der Waals surface area (Å²) in [4.78, 5) is 30.3. The number of hydrogen-bond donors (Lipinski definition) is 0. The van der Waals surface area contributed by atoms with Gasteiger partial charge in [0, 0.05) is 47.6 Å². The van der Waals surface area contributed by atoms with Gasteiger partial charge in [0.15, 0.2) is 0 Å². The van der Waals surface area contributed by atoms with E-state index < -0.39 is 0 Å². The Morgan fingerprint density at radius 3 is 2.70 bits per heavy atom. The Bertz CT molecular complexity index is 810. The molecule has 27 heavy (non-hydrogen) atoms. The van der Waals surface area contributed by atoms with Crippen molar-refractivity contribution in [2.24, 2.45) is 5.92 Å². The predicted molar refractivity (Wildman–Crippen MR) is 108 cm³/mol. The van der Waals surface area contributed by atoms with Crippen molar-refractivity contribution in [1.82, 2.24) is 4.90 Å². The zero-order valence-corrected chi connectivity index (χ0v) is 16.5. The first-order valence-electron chi connectivity index (χ1n) is 9.11. The number of thiophene rings is 1. The topological polar surface area (TPSA) is 40.6 Å². The highest BCUT2D eigenvalue weighted by molar-refractivity contribution is 7.99. The van der Waals surface area contributed by atoms with Gasteiger partial charge >= 0.3 is 0 Å². The molecular weight excluding hydrogens is 383 g/mol. The molecule has 2 fully saturated rings. The Morgan fingerprint density at radius 2 is 1.96 bits per heavy atom. The molecule has 4 nitrogen and oxygen atoms in total. The van der Waals surface area contributed by atoms with E-state index in [4.69, 9.17) is 0 Å². The maximum atomic E-state index is 13.1. The number of carbonyl (C=O) groups excluding carboxylic acids is 2. The van der Waals surface area contributed by atoms with Gasteiger partial charge in [0.1, 0.15) is 5.82 Å². The molecule has 7 heteroatoms. The maximum absolute atomic E-state index is 13.1. The molecule has 2 aliphatic heterocycles. The summed E-state index contributed by atoms with van der Waals surface area (Å²) < 4.78 is 13.1. The van der Waals surface area contributed by atoms with Crippen molar-refractivity contribution in [2.45, 2.75) is 18.1 Å². The van der Waals surface area contributed by atoms with E-state index >= 15 is 0 Å². The quantitative estimate of drug-likeness (QED) is 0.778. The molecule has 2 unspecified atom stereocenters. The Morgan fingerprint density at radius 1 is 1.15 bits per heavy atom. The highest BCUT2D eigenvalue weighted by Gasteiger charge is 2.37. The number of hydrogen-bond acceptors (Lipinski definition) is 4. The lowest BCUT2D eigenvalue weighted by Gasteiger charge is -2.24. The molecule has 2 aromatic rings. The van der Waals surface area contributed by atoms with Crippen molar-refractivity contribution in [1.29, 1.82) is 0 Å². The van der Waals surface area contributed by atoms with Crippen LogP contribution in [0.1, 0.15) is 23.0 Å². The SMILES string of the molecule is O=C(C1CC(=O)N(c2ccc(F)cc2)C1)N1CCSC(c2cccs2)CC1. The van der Waals surface area contributed by atoms with Crippen molar-refractivity contribution in [3.05, 3.63) is 52.5 Å². The first-order chi connectivity index (χ1) is 13.1. The number of benzene rings is 1. The fourth-order valence-corrected chi connectivity index (χ4v) is 5.93. The van der Waals surface area contributed by atoms with Crippen molar-refractivity contribution in [2.75, 3.05) is 30.3 Å². The van der Waals surface area contributed by atoms with Crippen LogP contribution in [-0.2, 0) is 9.59 Å². The molecule has 1 aromatic heterocycles.